The van der Waals surface area contributed by atoms with Crippen LogP contribution in [-0.4, -0.2) is 313 Å². The molecule has 2 saturated heterocycles. The number of primary amides is 1. The molecule has 754 valence electrons. The molecule has 2 fully saturated rings. The first-order valence-electron chi connectivity index (χ1n) is 46.9. The van der Waals surface area contributed by atoms with Gasteiger partial charge in [-0.1, -0.05) is 118 Å². The van der Waals surface area contributed by atoms with Gasteiger partial charge in [0.15, 0.2) is 5.96 Å². The van der Waals surface area contributed by atoms with E-state index in [1.54, 1.807) is 117 Å². The number of nitrogens with two attached hydrogens (primary N) is 3. The quantitative estimate of drug-likeness (QED) is 0.00834. The Bertz CT molecular complexity index is 5250. The molecular weight excluding hydrogens is 1810 g/mol. The molecule has 43 heteroatoms. The number of unbranched alkanes of at least 4 members (excludes halogenated alkanes) is 6. The van der Waals surface area contributed by atoms with Crippen molar-refractivity contribution >= 4 is 140 Å². The van der Waals surface area contributed by atoms with Crippen LogP contribution in [0.5, 0.6) is 0 Å². The zero-order chi connectivity index (χ0) is 102. The molecule has 16 amide bonds. The summed E-state index contributed by atoms with van der Waals surface area (Å²) < 4.78 is 0. The molecule has 1 unspecified atom stereocenters. The van der Waals surface area contributed by atoms with E-state index >= 15 is 28.8 Å². The molecule has 0 radical (unpaired) electrons. The van der Waals surface area contributed by atoms with E-state index in [0.29, 0.717) is 102 Å². The number of aromatic nitrogens is 4. The third-order valence-corrected chi connectivity index (χ3v) is 25.6. The molecule has 42 nitrogen and oxygen atoms in total. The van der Waals surface area contributed by atoms with Crippen molar-refractivity contribution in [2.24, 2.45) is 23.1 Å². The summed E-state index contributed by atoms with van der Waals surface area (Å²) in [6, 6.07) is 1.41. The van der Waals surface area contributed by atoms with Crippen molar-refractivity contribution in [1.29, 1.82) is 5.41 Å². The largest absolute Gasteiger partial charge is 0.394 e. The molecule has 6 aromatic rings. The van der Waals surface area contributed by atoms with Gasteiger partial charge in [0.2, 0.25) is 94.5 Å². The summed E-state index contributed by atoms with van der Waals surface area (Å²) in [5.41, 5.74) is 20.5. The lowest BCUT2D eigenvalue weighted by atomic mass is 9.99. The highest BCUT2D eigenvalue weighted by atomic mass is 32.2. The molecule has 2 aliphatic rings. The van der Waals surface area contributed by atoms with Gasteiger partial charge in [-0.2, -0.15) is 0 Å². The van der Waals surface area contributed by atoms with Gasteiger partial charge in [-0.3, -0.25) is 82.1 Å². The lowest BCUT2D eigenvalue weighted by Gasteiger charge is -2.36. The SMILES string of the molecule is C=CCCCCC[C@H]1C(=O)N(C)[C@@H](CCCCCC=C)C(=O)N[C@@H](CCCNC(=N)N)C(=O)N[C@H](C(=O)NC(C=O)CN)CSCC(=O)N[C@@H](Cc2ccccc2)C(=O)N(C)[C@@H](C)C(=O)N[C@@H](CC(N)=O)C(=O)N2CCC[C@H]2C(=O)N[C@@H](Cc2cnc[nH]2)C(=O)N[C@@H](CC(C)C)C(=O)N(C)CC(=O)N[C@@H](Cc2c[nH]c3ccccc23)C(=O)N[C@@H](CO)C(=O)N[C@@H](Cc2c[nH]c3ccccc23)C(=O)N1C. The fraction of sp³-hybridized carbons (Fsp3) is 0.510. The second-order valence-corrected chi connectivity index (χ2v) is 36.6. The highest BCUT2D eigenvalue weighted by Crippen LogP contribution is 2.27. The van der Waals surface area contributed by atoms with Gasteiger partial charge in [-0.05, 0) is 112 Å². The number of imidazole rings is 1. The molecule has 22 N–H and O–H groups in total. The van der Waals surface area contributed by atoms with Gasteiger partial charge in [0.25, 0.3) is 0 Å². The standard InChI is InChI=1S/C96H136N24O18S/c1-10-12-14-16-21-36-77-89(132)109-68(35-27-39-102-96(99)100)84(127)115-76(88(131)106-63(47-97)52-121)54-139-55-82(125)108-72(42-59-29-19-18-20-30-59)92(135)117(7)58(5)83(126)111-74(46-80(98)123)94(137)120-40-28-38-78(120)90(133)110-70(45-62-50-101-56-105-62)86(129)112-71(41-57(3)4)91(134)116(6)51-81(124)107-69(43-60-48-103-66-33-25-23-31-64(60)66)85(128)114-75(53-122)87(130)113-73(44-61-49-104-67-34-26-24-32-65(61)67)93(136)119(9)79(95(138)118(77)8)37-22-17-15-13-11-2/h10-11,18-20,23-26,29-34,48-50,52,56-58,63,68-79,103-104,122H,1-2,12-17,21-22,27-28,35-47,51,53-55,97H2,3-9H3,(H2,98,123)(H,101,105)(H,106,131)(H,107,124)(H,108,125)(H,109,132)(H,110,133)(H,111,126)(H,112,129)(H,113,130)(H,114,128)(H,115,127)(H4,99,100,102)/t58-,63?,68-,69-,70-,71-,72-,73-,74-,75-,76-,77-,78-,79-/m0/s1. The number of para-hydroxylation sites is 2. The van der Waals surface area contributed by atoms with Crippen LogP contribution in [0.2, 0.25) is 0 Å². The van der Waals surface area contributed by atoms with E-state index in [-0.39, 0.29) is 96.2 Å². The Morgan fingerprint density at radius 1 is 0.568 bits per heavy atom. The van der Waals surface area contributed by atoms with Crippen molar-refractivity contribution in [2.75, 3.05) is 72.5 Å². The van der Waals surface area contributed by atoms with E-state index in [1.165, 1.54) is 57.4 Å². The first-order chi connectivity index (χ1) is 66.5. The Morgan fingerprint density at radius 2 is 1.11 bits per heavy atom. The lowest BCUT2D eigenvalue weighted by molar-refractivity contribution is -0.149. The predicted octanol–water partition coefficient (Wildman–Crippen LogP) is -0.204. The van der Waals surface area contributed by atoms with Crippen LogP contribution in [0, 0.1) is 11.3 Å². The van der Waals surface area contributed by atoms with Crippen LogP contribution in [0.15, 0.2) is 129 Å². The minimum atomic E-state index is -1.87. The van der Waals surface area contributed by atoms with E-state index in [0.717, 1.165) is 26.5 Å². The number of benzene rings is 3. The van der Waals surface area contributed by atoms with E-state index in [4.69, 9.17) is 22.6 Å². The summed E-state index contributed by atoms with van der Waals surface area (Å²) in [6.07, 6.45) is 12.2. The number of carbonyl (C=O) groups is 17. The van der Waals surface area contributed by atoms with E-state index in [9.17, 15) is 57.8 Å². The summed E-state index contributed by atoms with van der Waals surface area (Å²) in [5, 5.41) is 49.9. The number of thioether (sulfide) groups is 1. The van der Waals surface area contributed by atoms with Gasteiger partial charge < -0.3 is 125 Å². The molecule has 139 heavy (non-hydrogen) atoms. The summed E-state index contributed by atoms with van der Waals surface area (Å²) in [5.74, 6) is -16.2. The minimum Gasteiger partial charge on any atom is -0.394 e. The normalized spacial score (nSPS) is 23.1. The fourth-order valence-electron chi connectivity index (χ4n) is 16.7. The van der Waals surface area contributed by atoms with Gasteiger partial charge in [-0.25, -0.2) is 4.98 Å². The molecule has 5 heterocycles. The Kier molecular flexibility index (Phi) is 44.1. The Balaban J connectivity index is 1.21. The number of likely N-dealkylation sites (N-methyl/N-ethyl adjacent to an activating group) is 4. The third-order valence-electron chi connectivity index (χ3n) is 24.6. The molecule has 3 aromatic heterocycles. The van der Waals surface area contributed by atoms with Crippen molar-refractivity contribution in [2.45, 2.75) is 234 Å². The highest BCUT2D eigenvalue weighted by Gasteiger charge is 2.44. The maximum atomic E-state index is 16.0. The number of hydrogen-bond acceptors (Lipinski definition) is 22. The fourth-order valence-corrected chi connectivity index (χ4v) is 17.6. The van der Waals surface area contributed by atoms with E-state index in [2.05, 4.69) is 91.6 Å². The van der Waals surface area contributed by atoms with Gasteiger partial charge >= 0.3 is 0 Å². The molecule has 2 aliphatic heterocycles. The van der Waals surface area contributed by atoms with Crippen LogP contribution in [0.4, 0.5) is 0 Å². The molecule has 0 spiro atoms. The third kappa shape index (κ3) is 33.2. The summed E-state index contributed by atoms with van der Waals surface area (Å²) in [7, 11) is 5.28. The number of fused-ring (bicyclic) bond motifs is 3. The van der Waals surface area contributed by atoms with E-state index in [1.807, 2.05) is 0 Å². The van der Waals surface area contributed by atoms with Crippen LogP contribution < -0.4 is 75.7 Å². The van der Waals surface area contributed by atoms with Crippen molar-refractivity contribution in [1.82, 2.24) is 103 Å². The van der Waals surface area contributed by atoms with Crippen molar-refractivity contribution in [3.05, 3.63) is 151 Å². The number of rotatable bonds is 33. The molecule has 0 bridgehead atoms. The van der Waals surface area contributed by atoms with Crippen LogP contribution in [0.1, 0.15) is 146 Å². The first kappa shape index (κ1) is 110. The lowest BCUT2D eigenvalue weighted by Crippen LogP contribution is -2.61. The average Bonchev–Trinajstić information content (AvgIpc) is 1.77. The first-order valence-corrected chi connectivity index (χ1v) is 48.1. The number of aliphatic hydroxyl groups excluding tert-OH is 1. The molecule has 3 aromatic carbocycles. The van der Waals surface area contributed by atoms with Crippen LogP contribution in [0.3, 0.4) is 0 Å². The number of carbonyl (C=O) groups excluding carboxylic acids is 17. The number of aliphatic hydroxyl groups is 1. The predicted molar refractivity (Wildman–Crippen MR) is 522 cm³/mol. The number of hydrogen-bond donors (Lipinski definition) is 19. The zero-order valence-corrected chi connectivity index (χ0v) is 80.7. The second-order valence-electron chi connectivity index (χ2n) is 35.5. The summed E-state index contributed by atoms with van der Waals surface area (Å²) in [6.45, 7) is 10.2. The van der Waals surface area contributed by atoms with Crippen molar-refractivity contribution in [3.8, 4) is 0 Å². The van der Waals surface area contributed by atoms with Crippen LogP contribution in [-0.2, 0) is 107 Å². The number of H-pyrrole nitrogens is 3. The van der Waals surface area contributed by atoms with Crippen LogP contribution in [0.25, 0.3) is 21.8 Å². The molecule has 0 aliphatic carbocycles. The minimum absolute atomic E-state index is 0.0107. The maximum Gasteiger partial charge on any atom is 0.246 e. The monoisotopic (exact) mass is 1950 g/mol. The molecular formula is C96H136N24O18S. The number of nitrogens with zero attached hydrogens (tertiary/aromatic N) is 6. The summed E-state index contributed by atoms with van der Waals surface area (Å²) in [4.78, 5) is 270. The topological polar surface area (TPSA) is 621 Å². The zero-order valence-electron chi connectivity index (χ0n) is 79.9. The smallest absolute Gasteiger partial charge is 0.246 e. The number of aromatic amines is 3. The Labute approximate surface area is 812 Å². The molecule has 14 atom stereocenters. The van der Waals surface area contributed by atoms with Crippen molar-refractivity contribution < 1.29 is 86.6 Å². The average molecular weight is 1950 g/mol. The molecule has 8 rings (SSSR count). The van der Waals surface area contributed by atoms with Gasteiger partial charge in [0.05, 0.1) is 37.7 Å². The second kappa shape index (κ2) is 55.5. The Hall–Kier alpha value is -13.8. The Morgan fingerprint density at radius 3 is 1.70 bits per heavy atom. The van der Waals surface area contributed by atoms with Crippen molar-refractivity contribution in [3.63, 3.8) is 0 Å². The number of amides is 16. The molecule has 0 saturated carbocycles. The summed E-state index contributed by atoms with van der Waals surface area (Å²) >= 11 is 0.798. The number of guanidine groups is 1. The van der Waals surface area contributed by atoms with Gasteiger partial charge in [-0.15, -0.1) is 24.9 Å². The number of aldehydes is 1. The van der Waals surface area contributed by atoms with E-state index < -0.39 is 216 Å². The highest BCUT2D eigenvalue weighted by molar-refractivity contribution is 8.00. The number of allylic oxidation sites excluding steroid dienone is 2. The maximum absolute atomic E-state index is 16.0. The van der Waals surface area contributed by atoms with Crippen LogP contribution >= 0.6 is 11.8 Å². The number of nitrogens with one attached hydrogen (secondary N) is 15. The van der Waals surface area contributed by atoms with Gasteiger partial charge in [0, 0.05) is 125 Å². The van der Waals surface area contributed by atoms with Gasteiger partial charge in [0.1, 0.15) is 84.8 Å².